The molecule has 30 heavy (non-hydrogen) atoms. The quantitative estimate of drug-likeness (QED) is 0.325. The lowest BCUT2D eigenvalue weighted by atomic mass is 10.2. The van der Waals surface area contributed by atoms with Gasteiger partial charge in [-0.2, -0.15) is 0 Å². The number of thioether (sulfide) groups is 1. The van der Waals surface area contributed by atoms with E-state index in [0.717, 1.165) is 10.3 Å². The first kappa shape index (κ1) is 20.5. The van der Waals surface area contributed by atoms with Crippen LogP contribution in [0.3, 0.4) is 0 Å². The zero-order valence-electron chi connectivity index (χ0n) is 17.0. The molecule has 0 atom stereocenters. The van der Waals surface area contributed by atoms with Gasteiger partial charge in [-0.3, -0.25) is 10.1 Å². The molecule has 0 aliphatic heterocycles. The Balaban J connectivity index is 1.49. The molecule has 2 aromatic heterocycles. The highest BCUT2D eigenvalue weighted by Gasteiger charge is 2.15. The molecule has 0 aliphatic rings. The molecule has 2 heterocycles. The number of nitrogens with zero attached hydrogens (tertiary/aromatic N) is 1. The van der Waals surface area contributed by atoms with Gasteiger partial charge in [-0.25, -0.2) is 4.98 Å². The van der Waals surface area contributed by atoms with Gasteiger partial charge in [0, 0.05) is 26.5 Å². The summed E-state index contributed by atoms with van der Waals surface area (Å²) in [5, 5.41) is 6.72. The number of benzene rings is 2. The molecule has 154 valence electrons. The Hall–Kier alpha value is -2.77. The summed E-state index contributed by atoms with van der Waals surface area (Å²) in [4.78, 5) is 18.2. The number of fused-ring (bicyclic) bond motifs is 1. The SMILES string of the molecule is CCOc1cccc2cc(-c3csc(NC(=O)c4ccc(SC(C)C)cc4)n3)oc12. The van der Waals surface area contributed by atoms with Crippen LogP contribution in [0.15, 0.2) is 63.2 Å². The number of para-hydroxylation sites is 1. The van der Waals surface area contributed by atoms with Crippen LogP contribution >= 0.6 is 23.1 Å². The maximum Gasteiger partial charge on any atom is 0.257 e. The molecular formula is C23H22N2O3S2. The van der Waals surface area contributed by atoms with Crippen LogP contribution in [-0.4, -0.2) is 22.7 Å². The molecule has 2 aromatic carbocycles. The van der Waals surface area contributed by atoms with Crippen LogP contribution in [0.2, 0.25) is 0 Å². The highest BCUT2D eigenvalue weighted by molar-refractivity contribution is 7.99. The fourth-order valence-corrected chi connectivity index (χ4v) is 4.53. The first-order valence-corrected chi connectivity index (χ1v) is 11.5. The summed E-state index contributed by atoms with van der Waals surface area (Å²) in [5.74, 6) is 1.17. The summed E-state index contributed by atoms with van der Waals surface area (Å²) in [6.45, 7) is 6.80. The summed E-state index contributed by atoms with van der Waals surface area (Å²) in [7, 11) is 0. The Labute approximate surface area is 183 Å². The second kappa shape index (κ2) is 8.93. The van der Waals surface area contributed by atoms with E-state index < -0.39 is 0 Å². The molecule has 0 aliphatic carbocycles. The molecule has 0 bridgehead atoms. The predicted octanol–water partition coefficient (Wildman–Crippen LogP) is 6.71. The number of amides is 1. The molecule has 1 amide bonds. The minimum absolute atomic E-state index is 0.180. The number of carbonyl (C=O) groups excluding carboxylic acids is 1. The lowest BCUT2D eigenvalue weighted by Gasteiger charge is -2.06. The van der Waals surface area contributed by atoms with Crippen molar-refractivity contribution >= 4 is 45.1 Å². The Bertz CT molecular complexity index is 1160. The van der Waals surface area contributed by atoms with Crippen LogP contribution < -0.4 is 10.1 Å². The highest BCUT2D eigenvalue weighted by Crippen LogP contribution is 2.34. The average molecular weight is 439 g/mol. The lowest BCUT2D eigenvalue weighted by Crippen LogP contribution is -2.11. The number of anilines is 1. The van der Waals surface area contributed by atoms with E-state index in [-0.39, 0.29) is 5.91 Å². The van der Waals surface area contributed by atoms with Gasteiger partial charge < -0.3 is 9.15 Å². The molecule has 1 N–H and O–H groups in total. The molecule has 7 heteroatoms. The van der Waals surface area contributed by atoms with Crippen molar-refractivity contribution in [1.82, 2.24) is 4.98 Å². The normalized spacial score (nSPS) is 11.2. The second-order valence-corrected chi connectivity index (χ2v) is 9.41. The number of ether oxygens (including phenoxy) is 1. The summed E-state index contributed by atoms with van der Waals surface area (Å²) in [6, 6.07) is 15.3. The topological polar surface area (TPSA) is 64.4 Å². The molecule has 0 fully saturated rings. The van der Waals surface area contributed by atoms with Crippen LogP contribution in [0, 0.1) is 0 Å². The maximum atomic E-state index is 12.6. The summed E-state index contributed by atoms with van der Waals surface area (Å²) in [6.07, 6.45) is 0. The standard InChI is InChI=1S/C23H22N2O3S2/c1-4-27-19-7-5-6-16-12-20(28-21(16)19)18-13-29-23(24-18)25-22(26)15-8-10-17(11-9-15)30-14(2)3/h5-14H,4H2,1-3H3,(H,24,25,26). The van der Waals surface area contributed by atoms with E-state index in [4.69, 9.17) is 9.15 Å². The Morgan fingerprint density at radius 1 is 1.23 bits per heavy atom. The van der Waals surface area contributed by atoms with Crippen molar-refractivity contribution in [1.29, 1.82) is 0 Å². The average Bonchev–Trinajstić information content (AvgIpc) is 3.35. The van der Waals surface area contributed by atoms with Crippen LogP contribution in [0.5, 0.6) is 5.75 Å². The third-order valence-corrected chi connectivity index (χ3v) is 6.05. The van der Waals surface area contributed by atoms with Crippen molar-refractivity contribution in [3.63, 3.8) is 0 Å². The molecule has 0 saturated carbocycles. The first-order valence-electron chi connectivity index (χ1n) is 9.73. The molecule has 4 rings (SSSR count). The fourth-order valence-electron chi connectivity index (χ4n) is 3.00. The van der Waals surface area contributed by atoms with Crippen molar-refractivity contribution in [2.75, 3.05) is 11.9 Å². The van der Waals surface area contributed by atoms with E-state index >= 15 is 0 Å². The van der Waals surface area contributed by atoms with E-state index in [1.807, 2.05) is 60.8 Å². The first-order chi connectivity index (χ1) is 14.5. The van der Waals surface area contributed by atoms with Crippen molar-refractivity contribution < 1.29 is 13.9 Å². The number of rotatable bonds is 7. The maximum absolute atomic E-state index is 12.6. The van der Waals surface area contributed by atoms with E-state index in [9.17, 15) is 4.79 Å². The van der Waals surface area contributed by atoms with E-state index in [1.54, 1.807) is 11.8 Å². The Morgan fingerprint density at radius 3 is 2.77 bits per heavy atom. The van der Waals surface area contributed by atoms with Gasteiger partial charge >= 0.3 is 0 Å². The number of aromatic nitrogens is 1. The van der Waals surface area contributed by atoms with Crippen molar-refractivity contribution in [2.24, 2.45) is 0 Å². The summed E-state index contributed by atoms with van der Waals surface area (Å²) < 4.78 is 11.6. The Kier molecular flexibility index (Phi) is 6.11. The van der Waals surface area contributed by atoms with E-state index in [1.165, 1.54) is 11.3 Å². The lowest BCUT2D eigenvalue weighted by molar-refractivity contribution is 0.102. The molecule has 0 radical (unpaired) electrons. The fraction of sp³-hybridized carbons (Fsp3) is 0.217. The number of thiazole rings is 1. The van der Waals surface area contributed by atoms with Gasteiger partial charge in [0.1, 0.15) is 5.69 Å². The van der Waals surface area contributed by atoms with Crippen molar-refractivity contribution in [2.45, 2.75) is 30.9 Å². The zero-order valence-corrected chi connectivity index (χ0v) is 18.6. The van der Waals surface area contributed by atoms with Crippen molar-refractivity contribution in [3.8, 4) is 17.2 Å². The van der Waals surface area contributed by atoms with Crippen LogP contribution in [0.4, 0.5) is 5.13 Å². The van der Waals surface area contributed by atoms with Gasteiger partial charge in [-0.15, -0.1) is 23.1 Å². The summed E-state index contributed by atoms with van der Waals surface area (Å²) in [5.41, 5.74) is 1.98. The van der Waals surface area contributed by atoms with Crippen LogP contribution in [0.1, 0.15) is 31.1 Å². The van der Waals surface area contributed by atoms with Gasteiger partial charge in [-0.1, -0.05) is 26.0 Å². The summed E-state index contributed by atoms with van der Waals surface area (Å²) >= 11 is 3.13. The third-order valence-electron chi connectivity index (χ3n) is 4.27. The van der Waals surface area contributed by atoms with E-state index in [2.05, 4.69) is 24.1 Å². The van der Waals surface area contributed by atoms with Gasteiger partial charge in [0.25, 0.3) is 5.91 Å². The van der Waals surface area contributed by atoms with Gasteiger partial charge in [0.15, 0.2) is 22.2 Å². The zero-order chi connectivity index (χ0) is 21.1. The number of hydrogen-bond donors (Lipinski definition) is 1. The number of nitrogens with one attached hydrogen (secondary N) is 1. The molecule has 0 spiro atoms. The second-order valence-electron chi connectivity index (χ2n) is 6.90. The third kappa shape index (κ3) is 4.52. The monoisotopic (exact) mass is 438 g/mol. The number of hydrogen-bond acceptors (Lipinski definition) is 6. The smallest absolute Gasteiger partial charge is 0.257 e. The molecule has 0 unspecified atom stereocenters. The van der Waals surface area contributed by atoms with Crippen LogP contribution in [-0.2, 0) is 0 Å². The minimum atomic E-state index is -0.180. The van der Waals surface area contributed by atoms with E-state index in [0.29, 0.717) is 45.3 Å². The van der Waals surface area contributed by atoms with Gasteiger partial charge in [0.05, 0.1) is 6.61 Å². The van der Waals surface area contributed by atoms with Crippen LogP contribution in [0.25, 0.3) is 22.4 Å². The molecule has 5 nitrogen and oxygen atoms in total. The Morgan fingerprint density at radius 2 is 2.03 bits per heavy atom. The largest absolute Gasteiger partial charge is 0.490 e. The molecule has 4 aromatic rings. The molecule has 0 saturated heterocycles. The number of carbonyl (C=O) groups is 1. The van der Waals surface area contributed by atoms with Crippen molar-refractivity contribution in [3.05, 3.63) is 59.5 Å². The molecular weight excluding hydrogens is 416 g/mol. The van der Waals surface area contributed by atoms with Gasteiger partial charge in [-0.05, 0) is 43.3 Å². The minimum Gasteiger partial charge on any atom is -0.490 e. The number of furan rings is 1. The predicted molar refractivity (Wildman–Crippen MR) is 124 cm³/mol. The van der Waals surface area contributed by atoms with Gasteiger partial charge in [0.2, 0.25) is 0 Å². The highest BCUT2D eigenvalue weighted by atomic mass is 32.2.